The van der Waals surface area contributed by atoms with Crippen molar-refractivity contribution in [3.05, 3.63) is 89.7 Å². The molecule has 2 heterocycles. The number of carbonyl (C=O) groups is 1. The maximum absolute atomic E-state index is 13.2. The highest BCUT2D eigenvalue weighted by molar-refractivity contribution is 8.19. The van der Waals surface area contributed by atoms with Gasteiger partial charge in [0.25, 0.3) is 5.91 Å². The van der Waals surface area contributed by atoms with Crippen molar-refractivity contribution in [2.75, 3.05) is 4.90 Å². The van der Waals surface area contributed by atoms with Gasteiger partial charge in [0.1, 0.15) is 12.1 Å². The average Bonchev–Trinajstić information content (AvgIpc) is 3.55. The number of rotatable bonds is 9. The fourth-order valence-electron chi connectivity index (χ4n) is 4.40. The molecule has 240 valence electrons. The zero-order valence-corrected chi connectivity index (χ0v) is 27.6. The summed E-state index contributed by atoms with van der Waals surface area (Å²) in [6, 6.07) is 18.3. The van der Waals surface area contributed by atoms with Gasteiger partial charge >= 0.3 is 6.36 Å². The first-order valence-corrected chi connectivity index (χ1v) is 15.7. The van der Waals surface area contributed by atoms with Crippen LogP contribution in [0.25, 0.3) is 17.1 Å². The predicted molar refractivity (Wildman–Crippen MR) is 179 cm³/mol. The monoisotopic (exact) mass is 707 g/mol. The smallest absolute Gasteiger partial charge is 0.406 e. The third kappa shape index (κ3) is 7.97. The summed E-state index contributed by atoms with van der Waals surface area (Å²) in [6.07, 6.45) is -1.74. The van der Waals surface area contributed by atoms with Crippen LogP contribution in [0.1, 0.15) is 36.5 Å². The van der Waals surface area contributed by atoms with Gasteiger partial charge in [0.15, 0.2) is 16.5 Å². The van der Waals surface area contributed by atoms with E-state index in [2.05, 4.69) is 43.0 Å². The summed E-state index contributed by atoms with van der Waals surface area (Å²) in [5.41, 5.74) is 6.53. The zero-order chi connectivity index (χ0) is 33.2. The van der Waals surface area contributed by atoms with Crippen LogP contribution >= 0.6 is 47.6 Å². The van der Waals surface area contributed by atoms with E-state index in [9.17, 15) is 18.0 Å². The first-order chi connectivity index (χ1) is 21.7. The van der Waals surface area contributed by atoms with E-state index in [1.54, 1.807) is 30.5 Å². The van der Waals surface area contributed by atoms with E-state index in [0.717, 1.165) is 28.5 Å². The molecule has 1 amide bonds. The molecule has 1 unspecified atom stereocenters. The number of aryl methyl sites for hydroxylation is 1. The maximum atomic E-state index is 13.2. The number of thioether (sulfide) groups is 1. The van der Waals surface area contributed by atoms with Gasteiger partial charge in [0.2, 0.25) is 3.67 Å². The van der Waals surface area contributed by atoms with E-state index < -0.39 is 21.4 Å². The maximum Gasteiger partial charge on any atom is 0.573 e. The van der Waals surface area contributed by atoms with Crippen LogP contribution in [0.5, 0.6) is 5.75 Å². The molecule has 1 aliphatic rings. The van der Waals surface area contributed by atoms with Gasteiger partial charge in [-0.3, -0.25) is 15.1 Å². The molecule has 1 saturated heterocycles. The number of thiol groups is 1. The summed E-state index contributed by atoms with van der Waals surface area (Å²) in [5.74, 6) is -0.292. The van der Waals surface area contributed by atoms with Gasteiger partial charge in [-0.2, -0.15) is 5.10 Å². The van der Waals surface area contributed by atoms with Gasteiger partial charge in [-0.05, 0) is 71.6 Å². The van der Waals surface area contributed by atoms with Crippen LogP contribution in [0.3, 0.4) is 0 Å². The number of aromatic nitrogens is 3. The second-order valence-electron chi connectivity index (χ2n) is 10.3. The standard InChI is InChI=1S/C30H26Cl2F3N7O2S2/c1-17(2)23-13-4-18(3)14-24(23)42-26(43)29(31,32)46-28(42)38-27(45)39-37-15-19-5-7-20(8-6-19)25-36-16-41(40-25)21-9-11-22(12-10-21)44-30(33,34)35/h4-17,27,39,45H,1-3H3/b37-15+,38-28?. The largest absolute Gasteiger partial charge is 0.573 e. The molecular formula is C30H26Cl2F3N7O2S2. The molecule has 0 bridgehead atoms. The molecule has 46 heavy (non-hydrogen) atoms. The Bertz CT molecular complexity index is 1780. The average molecular weight is 709 g/mol. The Morgan fingerprint density at radius 2 is 1.78 bits per heavy atom. The fraction of sp³-hybridized carbons (Fsp3) is 0.233. The third-order valence-corrected chi connectivity index (χ3v) is 8.46. The summed E-state index contributed by atoms with van der Waals surface area (Å²) in [6.45, 7) is 6.00. The van der Waals surface area contributed by atoms with Gasteiger partial charge < -0.3 is 4.74 Å². The number of amides is 1. The molecule has 5 rings (SSSR count). The number of alkyl halides is 5. The molecular weight excluding hydrogens is 682 g/mol. The van der Waals surface area contributed by atoms with Crippen LogP contribution in [0.2, 0.25) is 0 Å². The van der Waals surface area contributed by atoms with E-state index in [-0.39, 0.29) is 16.8 Å². The van der Waals surface area contributed by atoms with Crippen molar-refractivity contribution in [3.8, 4) is 22.8 Å². The molecule has 1 N–H and O–H groups in total. The van der Waals surface area contributed by atoms with Gasteiger partial charge in [-0.15, -0.1) is 30.9 Å². The predicted octanol–water partition coefficient (Wildman–Crippen LogP) is 7.67. The van der Waals surface area contributed by atoms with Crippen molar-refractivity contribution in [2.45, 2.75) is 42.2 Å². The quantitative estimate of drug-likeness (QED) is 0.0610. The number of amidine groups is 1. The van der Waals surface area contributed by atoms with Crippen molar-refractivity contribution in [1.82, 2.24) is 20.2 Å². The molecule has 0 radical (unpaired) electrons. The Balaban J connectivity index is 1.24. The van der Waals surface area contributed by atoms with Crippen LogP contribution in [0.15, 0.2) is 83.2 Å². The number of hydrogen-bond acceptors (Lipinski definition) is 9. The zero-order valence-electron chi connectivity index (χ0n) is 24.4. The van der Waals surface area contributed by atoms with E-state index in [0.29, 0.717) is 22.8 Å². The molecule has 3 aromatic carbocycles. The topological polar surface area (TPSA) is 97.0 Å². The highest BCUT2D eigenvalue weighted by Gasteiger charge is 2.50. The second-order valence-corrected chi connectivity index (χ2v) is 13.8. The number of benzene rings is 3. The number of carbonyl (C=O) groups excluding carboxylic acids is 1. The second kappa shape index (κ2) is 13.6. The lowest BCUT2D eigenvalue weighted by molar-refractivity contribution is -0.274. The van der Waals surface area contributed by atoms with Crippen LogP contribution in [0.4, 0.5) is 18.9 Å². The molecule has 4 aromatic rings. The minimum atomic E-state index is -4.77. The van der Waals surface area contributed by atoms with Crippen LogP contribution in [0, 0.1) is 6.92 Å². The number of hydrazone groups is 1. The molecule has 1 fully saturated rings. The number of ether oxygens (including phenoxy) is 1. The fourth-order valence-corrected chi connectivity index (χ4v) is 6.08. The molecule has 1 aromatic heterocycles. The van der Waals surface area contributed by atoms with Crippen LogP contribution in [-0.2, 0) is 4.79 Å². The number of nitrogens with one attached hydrogen (secondary N) is 1. The Labute approximate surface area is 282 Å². The minimum Gasteiger partial charge on any atom is -0.406 e. The van der Waals surface area contributed by atoms with Gasteiger partial charge in [0, 0.05) is 5.56 Å². The molecule has 1 atom stereocenters. The SMILES string of the molecule is Cc1ccc(C(C)C)c(N2C(=O)C(Cl)(Cl)SC2=NC(S)N/N=C/c2ccc(-c3ncn(-c4ccc(OC(F)(F)F)cc4)n3)cc2)c1. The lowest BCUT2D eigenvalue weighted by atomic mass is 9.99. The molecule has 0 spiro atoms. The van der Waals surface area contributed by atoms with Gasteiger partial charge in [0.05, 0.1) is 17.6 Å². The van der Waals surface area contributed by atoms with Crippen molar-refractivity contribution >= 4 is 70.6 Å². The van der Waals surface area contributed by atoms with Crippen molar-refractivity contribution < 1.29 is 22.7 Å². The van der Waals surface area contributed by atoms with E-state index in [4.69, 9.17) is 23.2 Å². The normalized spacial score (nSPS) is 16.5. The lowest BCUT2D eigenvalue weighted by Crippen LogP contribution is -2.35. The van der Waals surface area contributed by atoms with Crippen LogP contribution < -0.4 is 15.1 Å². The molecule has 0 saturated carbocycles. The first kappa shape index (κ1) is 33.6. The molecule has 0 aliphatic carbocycles. The number of aliphatic imine (C=N–C) groups is 1. The summed E-state index contributed by atoms with van der Waals surface area (Å²) < 4.78 is 40.8. The third-order valence-electron chi connectivity index (χ3n) is 6.54. The number of nitrogens with zero attached hydrogens (tertiary/aromatic N) is 6. The molecule has 1 aliphatic heterocycles. The van der Waals surface area contributed by atoms with Gasteiger partial charge in [-0.25, -0.2) is 14.7 Å². The highest BCUT2D eigenvalue weighted by atomic mass is 35.5. The summed E-state index contributed by atoms with van der Waals surface area (Å²) in [7, 11) is 0. The van der Waals surface area contributed by atoms with E-state index in [1.165, 1.54) is 40.2 Å². The summed E-state index contributed by atoms with van der Waals surface area (Å²) >= 11 is 18.1. The number of anilines is 1. The Morgan fingerprint density at radius 1 is 1.09 bits per heavy atom. The van der Waals surface area contributed by atoms with Crippen molar-refractivity contribution in [2.24, 2.45) is 10.1 Å². The van der Waals surface area contributed by atoms with Gasteiger partial charge in [-0.1, -0.05) is 73.4 Å². The number of halogens is 5. The Kier molecular flexibility index (Phi) is 9.92. The first-order valence-electron chi connectivity index (χ1n) is 13.6. The summed E-state index contributed by atoms with van der Waals surface area (Å²) in [5, 5.41) is 8.91. The van der Waals surface area contributed by atoms with E-state index in [1.807, 2.05) is 39.0 Å². The van der Waals surface area contributed by atoms with Crippen LogP contribution in [-0.4, -0.2) is 47.6 Å². The highest BCUT2D eigenvalue weighted by Crippen LogP contribution is 2.47. The number of hydrogen-bond donors (Lipinski definition) is 2. The van der Waals surface area contributed by atoms with E-state index >= 15 is 0 Å². The minimum absolute atomic E-state index is 0.130. The lowest BCUT2D eigenvalue weighted by Gasteiger charge is -2.23. The Hall–Kier alpha value is -3.72. The molecule has 16 heteroatoms. The molecule has 9 nitrogen and oxygen atoms in total. The van der Waals surface area contributed by atoms with Crippen molar-refractivity contribution in [3.63, 3.8) is 0 Å². The Morgan fingerprint density at radius 3 is 2.43 bits per heavy atom. The van der Waals surface area contributed by atoms with Crippen molar-refractivity contribution in [1.29, 1.82) is 0 Å². The summed E-state index contributed by atoms with van der Waals surface area (Å²) in [4.78, 5) is 23.4.